The fourth-order valence-electron chi connectivity index (χ4n) is 3.08. The van der Waals surface area contributed by atoms with Crippen molar-refractivity contribution in [2.45, 2.75) is 37.5 Å². The molecule has 1 aromatic heterocycles. The van der Waals surface area contributed by atoms with E-state index in [1.54, 1.807) is 30.2 Å². The summed E-state index contributed by atoms with van der Waals surface area (Å²) in [5, 5.41) is 13.2. The number of nitrogens with one attached hydrogen (secondary N) is 1. The molecule has 1 amide bonds. The number of nitriles is 1. The van der Waals surface area contributed by atoms with Gasteiger partial charge in [0.15, 0.2) is 0 Å². The molecule has 1 aliphatic rings. The number of ether oxygens (including phenoxy) is 1. The van der Waals surface area contributed by atoms with Gasteiger partial charge >= 0.3 is 0 Å². The zero-order valence-corrected chi connectivity index (χ0v) is 16.6. The second kappa shape index (κ2) is 8.61. The first-order valence-electron chi connectivity index (χ1n) is 8.72. The number of carbonyl (C=O) groups is 1. The normalized spacial score (nSPS) is 15.8. The van der Waals surface area contributed by atoms with Crippen molar-refractivity contribution in [2.75, 3.05) is 18.2 Å². The van der Waals surface area contributed by atoms with Crippen LogP contribution in [0.25, 0.3) is 0 Å². The van der Waals surface area contributed by atoms with Crippen LogP contribution in [0.5, 0.6) is 5.75 Å². The number of amides is 1. The molecule has 0 saturated carbocycles. The van der Waals surface area contributed by atoms with Crippen LogP contribution in [0.3, 0.4) is 0 Å². The van der Waals surface area contributed by atoms with Crippen molar-refractivity contribution in [1.29, 1.82) is 5.26 Å². The highest BCUT2D eigenvalue weighted by Gasteiger charge is 2.24. The molecule has 0 fully saturated rings. The molecule has 1 N–H and O–H groups in total. The van der Waals surface area contributed by atoms with Gasteiger partial charge in [-0.1, -0.05) is 6.92 Å². The molecule has 4 nitrogen and oxygen atoms in total. The minimum absolute atomic E-state index is 0.0332. The lowest BCUT2D eigenvalue weighted by Crippen LogP contribution is -2.12. The van der Waals surface area contributed by atoms with Crippen LogP contribution in [-0.2, 0) is 17.6 Å². The molecule has 3 rings (SSSR count). The molecule has 0 bridgehead atoms. The van der Waals surface area contributed by atoms with Crippen LogP contribution in [0.2, 0.25) is 0 Å². The van der Waals surface area contributed by atoms with Crippen LogP contribution in [0.1, 0.15) is 35.8 Å². The van der Waals surface area contributed by atoms with Gasteiger partial charge in [-0.05, 0) is 55.0 Å². The van der Waals surface area contributed by atoms with E-state index in [1.165, 1.54) is 4.88 Å². The van der Waals surface area contributed by atoms with E-state index in [0.29, 0.717) is 23.7 Å². The van der Waals surface area contributed by atoms with Crippen molar-refractivity contribution in [3.05, 3.63) is 40.3 Å². The average molecular weight is 387 g/mol. The highest BCUT2D eigenvalue weighted by atomic mass is 32.2. The zero-order chi connectivity index (χ0) is 18.5. The number of thioether (sulfide) groups is 1. The Labute approximate surface area is 162 Å². The number of anilines is 1. The van der Waals surface area contributed by atoms with Crippen LogP contribution < -0.4 is 10.1 Å². The number of hydrogen-bond donors (Lipinski definition) is 1. The molecule has 2 aromatic rings. The predicted molar refractivity (Wildman–Crippen MR) is 107 cm³/mol. The average Bonchev–Trinajstić information content (AvgIpc) is 2.98. The fraction of sp³-hybridized carbons (Fsp3) is 0.400. The summed E-state index contributed by atoms with van der Waals surface area (Å²) in [5.41, 5.74) is 1.83. The molecule has 0 radical (unpaired) electrons. The third-order valence-electron chi connectivity index (χ3n) is 4.53. The van der Waals surface area contributed by atoms with Crippen molar-refractivity contribution in [3.63, 3.8) is 0 Å². The van der Waals surface area contributed by atoms with Gasteiger partial charge in [0, 0.05) is 21.9 Å². The first kappa shape index (κ1) is 18.8. The summed E-state index contributed by atoms with van der Waals surface area (Å²) >= 11 is 3.22. The monoisotopic (exact) mass is 386 g/mol. The molecule has 0 aliphatic heterocycles. The molecule has 1 heterocycles. The minimum atomic E-state index is -0.0332. The Kier molecular flexibility index (Phi) is 6.23. The number of nitrogens with zero attached hydrogens (tertiary/aromatic N) is 1. The van der Waals surface area contributed by atoms with Gasteiger partial charge in [0.1, 0.15) is 16.8 Å². The largest absolute Gasteiger partial charge is 0.497 e. The summed E-state index contributed by atoms with van der Waals surface area (Å²) in [7, 11) is 1.64. The van der Waals surface area contributed by atoms with Gasteiger partial charge < -0.3 is 10.1 Å². The number of rotatable bonds is 6. The quantitative estimate of drug-likeness (QED) is 0.719. The maximum atomic E-state index is 12.3. The lowest BCUT2D eigenvalue weighted by atomic mass is 9.89. The van der Waals surface area contributed by atoms with Crippen LogP contribution in [0.4, 0.5) is 5.00 Å². The van der Waals surface area contributed by atoms with E-state index < -0.39 is 0 Å². The summed E-state index contributed by atoms with van der Waals surface area (Å²) < 4.78 is 5.14. The van der Waals surface area contributed by atoms with Crippen molar-refractivity contribution in [3.8, 4) is 11.8 Å². The number of benzene rings is 1. The van der Waals surface area contributed by atoms with E-state index in [-0.39, 0.29) is 5.91 Å². The predicted octanol–water partition coefficient (Wildman–Crippen LogP) is 4.87. The van der Waals surface area contributed by atoms with Crippen molar-refractivity contribution in [2.24, 2.45) is 5.92 Å². The molecule has 26 heavy (non-hydrogen) atoms. The molecule has 0 saturated heterocycles. The maximum Gasteiger partial charge on any atom is 0.225 e. The Bertz CT molecular complexity index is 822. The van der Waals surface area contributed by atoms with Crippen molar-refractivity contribution >= 4 is 34.0 Å². The van der Waals surface area contributed by atoms with E-state index >= 15 is 0 Å². The Morgan fingerprint density at radius 1 is 1.42 bits per heavy atom. The van der Waals surface area contributed by atoms with Gasteiger partial charge in [-0.15, -0.1) is 23.1 Å². The highest BCUT2D eigenvalue weighted by molar-refractivity contribution is 7.99. The van der Waals surface area contributed by atoms with E-state index in [9.17, 15) is 10.1 Å². The molecule has 0 spiro atoms. The Morgan fingerprint density at radius 3 is 2.88 bits per heavy atom. The summed E-state index contributed by atoms with van der Waals surface area (Å²) in [6, 6.07) is 10.1. The van der Waals surface area contributed by atoms with Crippen LogP contribution >= 0.6 is 23.1 Å². The van der Waals surface area contributed by atoms with Crippen LogP contribution in [-0.4, -0.2) is 18.8 Å². The third-order valence-corrected chi connectivity index (χ3v) is 6.72. The lowest BCUT2D eigenvalue weighted by Gasteiger charge is -2.17. The van der Waals surface area contributed by atoms with Crippen LogP contribution in [0, 0.1) is 17.2 Å². The first-order chi connectivity index (χ1) is 12.6. The zero-order valence-electron chi connectivity index (χ0n) is 15.0. The Hall–Kier alpha value is -1.97. The molecule has 1 aliphatic carbocycles. The SMILES string of the molecule is COc1ccc(SCCC(=O)Nc2sc3c(c2C#N)CC[C@H](C)C3)cc1. The van der Waals surface area contributed by atoms with Gasteiger partial charge in [0.05, 0.1) is 12.7 Å². The number of methoxy groups -OCH3 is 1. The molecule has 1 aromatic carbocycles. The smallest absolute Gasteiger partial charge is 0.225 e. The number of carbonyl (C=O) groups excluding carboxylic acids is 1. The third kappa shape index (κ3) is 4.40. The highest BCUT2D eigenvalue weighted by Crippen LogP contribution is 2.39. The molecular weight excluding hydrogens is 364 g/mol. The van der Waals surface area contributed by atoms with E-state index in [2.05, 4.69) is 18.3 Å². The molecule has 6 heteroatoms. The second-order valence-electron chi connectivity index (χ2n) is 6.49. The number of thiophene rings is 1. The van der Waals surface area contributed by atoms with Crippen LogP contribution in [0.15, 0.2) is 29.2 Å². The van der Waals surface area contributed by atoms with Gasteiger partial charge in [-0.25, -0.2) is 0 Å². The maximum absolute atomic E-state index is 12.3. The summed E-state index contributed by atoms with van der Waals surface area (Å²) in [6.07, 6.45) is 3.49. The molecule has 136 valence electrons. The van der Waals surface area contributed by atoms with Gasteiger partial charge in [0.2, 0.25) is 5.91 Å². The van der Waals surface area contributed by atoms with E-state index in [1.807, 2.05) is 24.3 Å². The van der Waals surface area contributed by atoms with E-state index in [0.717, 1.165) is 40.5 Å². The van der Waals surface area contributed by atoms with Gasteiger partial charge in [0.25, 0.3) is 0 Å². The second-order valence-corrected chi connectivity index (χ2v) is 8.76. The summed E-state index contributed by atoms with van der Waals surface area (Å²) in [4.78, 5) is 14.7. The van der Waals surface area contributed by atoms with Crippen molar-refractivity contribution in [1.82, 2.24) is 0 Å². The number of fused-ring (bicyclic) bond motifs is 1. The minimum Gasteiger partial charge on any atom is -0.497 e. The standard InChI is InChI=1S/C20H22N2O2S2/c1-13-3-8-16-17(12-21)20(26-18(16)11-13)22-19(23)9-10-25-15-6-4-14(24-2)5-7-15/h4-7,13H,3,8-11H2,1-2H3,(H,22,23)/t13-/m0/s1. The lowest BCUT2D eigenvalue weighted by molar-refractivity contribution is -0.115. The first-order valence-corrected chi connectivity index (χ1v) is 10.5. The fourth-order valence-corrected chi connectivity index (χ4v) is 5.31. The molecular formula is C20H22N2O2S2. The Balaban J connectivity index is 1.55. The van der Waals surface area contributed by atoms with Gasteiger partial charge in [-0.3, -0.25) is 4.79 Å². The Morgan fingerprint density at radius 2 is 2.19 bits per heavy atom. The summed E-state index contributed by atoms with van der Waals surface area (Å²) in [5.74, 6) is 2.14. The molecule has 0 unspecified atom stereocenters. The summed E-state index contributed by atoms with van der Waals surface area (Å²) in [6.45, 7) is 2.24. The topological polar surface area (TPSA) is 62.1 Å². The van der Waals surface area contributed by atoms with Crippen molar-refractivity contribution < 1.29 is 9.53 Å². The van der Waals surface area contributed by atoms with Gasteiger partial charge in [-0.2, -0.15) is 5.26 Å². The molecule has 1 atom stereocenters. The van der Waals surface area contributed by atoms with E-state index in [4.69, 9.17) is 4.74 Å². The number of hydrogen-bond acceptors (Lipinski definition) is 5.